The van der Waals surface area contributed by atoms with Crippen molar-refractivity contribution in [1.82, 2.24) is 0 Å². The fourth-order valence-corrected chi connectivity index (χ4v) is 3.31. The zero-order chi connectivity index (χ0) is 20.4. The van der Waals surface area contributed by atoms with Crippen molar-refractivity contribution in [3.8, 4) is 5.75 Å². The van der Waals surface area contributed by atoms with Gasteiger partial charge in [-0.05, 0) is 56.9 Å². The number of aliphatic hydroxyl groups excluding tert-OH is 1. The smallest absolute Gasteiger partial charge is 0.307 e. The van der Waals surface area contributed by atoms with Crippen LogP contribution in [-0.4, -0.2) is 34.7 Å². The van der Waals surface area contributed by atoms with Crippen molar-refractivity contribution in [2.75, 3.05) is 6.61 Å². The largest absolute Gasteiger partial charge is 0.491 e. The van der Waals surface area contributed by atoms with Crippen LogP contribution in [0.5, 0.6) is 5.75 Å². The predicted molar refractivity (Wildman–Crippen MR) is 107 cm³/mol. The van der Waals surface area contributed by atoms with Gasteiger partial charge in [0, 0.05) is 11.8 Å². The number of aliphatic carboxylic acids is 1. The summed E-state index contributed by atoms with van der Waals surface area (Å²) in [5.41, 5.74) is 3.40. The molecule has 5 nitrogen and oxygen atoms in total. The molecule has 0 bridgehead atoms. The van der Waals surface area contributed by atoms with E-state index in [0.29, 0.717) is 32.1 Å². The summed E-state index contributed by atoms with van der Waals surface area (Å²) >= 11 is 0. The van der Waals surface area contributed by atoms with Crippen LogP contribution in [0.4, 0.5) is 0 Å². The summed E-state index contributed by atoms with van der Waals surface area (Å²) in [7, 11) is 0. The molecule has 150 valence electrons. The Kier molecular flexibility index (Phi) is 8.24. The second-order valence-corrected chi connectivity index (χ2v) is 7.22. The standard InChI is InChI=1S/C23H28O5/c1-23(16-8-3-2-7-11-22(26)27)18(13-15-21(23)25)12-14-19(24)17-28-20-9-5-4-6-10-20/h3-7,9-10,13,19,24H,8,11-12,14-17H2,1H3,(H,26,27)/t2?,19-,23+/m0/s1. The Labute approximate surface area is 166 Å². The van der Waals surface area contributed by atoms with Crippen LogP contribution in [0.3, 0.4) is 0 Å². The third kappa shape index (κ3) is 6.52. The highest BCUT2D eigenvalue weighted by molar-refractivity contribution is 5.91. The number of para-hydroxylation sites is 1. The summed E-state index contributed by atoms with van der Waals surface area (Å²) in [4.78, 5) is 22.9. The molecule has 2 rings (SSSR count). The number of allylic oxidation sites excluding steroid dienone is 2. The van der Waals surface area contributed by atoms with Gasteiger partial charge in [0.1, 0.15) is 18.1 Å². The number of benzene rings is 1. The lowest BCUT2D eigenvalue weighted by Gasteiger charge is -2.26. The molecule has 0 unspecified atom stereocenters. The maximum atomic E-state index is 12.4. The number of carbonyl (C=O) groups excluding carboxylic acids is 1. The topological polar surface area (TPSA) is 83.8 Å². The second-order valence-electron chi connectivity index (χ2n) is 7.22. The average Bonchev–Trinajstić information content (AvgIpc) is 2.96. The molecule has 0 aromatic heterocycles. The summed E-state index contributed by atoms with van der Waals surface area (Å²) in [5, 5.41) is 18.8. The molecule has 2 N–H and O–H groups in total. The molecule has 5 heteroatoms. The number of carboxylic acid groups (broad SMARTS) is 1. The number of carbonyl (C=O) groups is 2. The van der Waals surface area contributed by atoms with Crippen LogP contribution in [0.15, 0.2) is 59.9 Å². The van der Waals surface area contributed by atoms with Gasteiger partial charge in [0.2, 0.25) is 0 Å². The van der Waals surface area contributed by atoms with Crippen LogP contribution in [0.25, 0.3) is 0 Å². The zero-order valence-electron chi connectivity index (χ0n) is 16.3. The fraction of sp³-hybridized carbons (Fsp3) is 0.435. The Hall–Kier alpha value is -2.62. The Morgan fingerprint density at radius 2 is 2.07 bits per heavy atom. The van der Waals surface area contributed by atoms with Crippen molar-refractivity contribution in [3.63, 3.8) is 0 Å². The van der Waals surface area contributed by atoms with Crippen molar-refractivity contribution in [1.29, 1.82) is 0 Å². The highest BCUT2D eigenvalue weighted by Gasteiger charge is 2.39. The van der Waals surface area contributed by atoms with E-state index in [2.05, 4.69) is 5.73 Å². The Morgan fingerprint density at radius 3 is 2.79 bits per heavy atom. The summed E-state index contributed by atoms with van der Waals surface area (Å²) < 4.78 is 5.58. The van der Waals surface area contributed by atoms with Crippen molar-refractivity contribution in [2.45, 2.75) is 51.6 Å². The van der Waals surface area contributed by atoms with Gasteiger partial charge >= 0.3 is 5.97 Å². The maximum absolute atomic E-state index is 12.4. The molecule has 1 aromatic rings. The lowest BCUT2D eigenvalue weighted by molar-refractivity contribution is -0.136. The molecular weight excluding hydrogens is 356 g/mol. The number of aliphatic hydroxyl groups is 1. The molecule has 1 aliphatic carbocycles. The third-order valence-corrected chi connectivity index (χ3v) is 5.09. The summed E-state index contributed by atoms with van der Waals surface area (Å²) in [6.07, 6.45) is 7.51. The van der Waals surface area contributed by atoms with E-state index >= 15 is 0 Å². The van der Waals surface area contributed by atoms with Crippen molar-refractivity contribution >= 4 is 11.8 Å². The first kappa shape index (κ1) is 21.7. The van der Waals surface area contributed by atoms with Gasteiger partial charge in [-0.1, -0.05) is 29.8 Å². The first-order valence-electron chi connectivity index (χ1n) is 9.62. The molecule has 0 saturated carbocycles. The van der Waals surface area contributed by atoms with E-state index in [1.165, 1.54) is 6.08 Å². The average molecular weight is 384 g/mol. The van der Waals surface area contributed by atoms with Gasteiger partial charge in [0.25, 0.3) is 0 Å². The van der Waals surface area contributed by atoms with Crippen LogP contribution in [-0.2, 0) is 9.59 Å². The van der Waals surface area contributed by atoms with Gasteiger partial charge in [-0.15, -0.1) is 5.73 Å². The maximum Gasteiger partial charge on any atom is 0.307 e. The normalized spacial score (nSPS) is 19.5. The summed E-state index contributed by atoms with van der Waals surface area (Å²) in [5.74, 6) is 0.0312. The Balaban J connectivity index is 1.81. The first-order chi connectivity index (χ1) is 13.4. The monoisotopic (exact) mass is 384 g/mol. The van der Waals surface area contributed by atoms with Crippen LogP contribution >= 0.6 is 0 Å². The number of ketones is 1. The highest BCUT2D eigenvalue weighted by atomic mass is 16.5. The van der Waals surface area contributed by atoms with E-state index in [9.17, 15) is 14.7 Å². The Morgan fingerprint density at radius 1 is 1.32 bits per heavy atom. The number of ether oxygens (including phenoxy) is 1. The van der Waals surface area contributed by atoms with Gasteiger partial charge in [-0.3, -0.25) is 9.59 Å². The third-order valence-electron chi connectivity index (χ3n) is 5.09. The molecule has 0 aliphatic heterocycles. The molecule has 0 saturated heterocycles. The predicted octanol–water partition coefficient (Wildman–Crippen LogP) is 4.08. The van der Waals surface area contributed by atoms with E-state index < -0.39 is 17.5 Å². The molecule has 0 radical (unpaired) electrons. The van der Waals surface area contributed by atoms with Gasteiger partial charge in [0.15, 0.2) is 0 Å². The second kappa shape index (κ2) is 10.6. The fourth-order valence-electron chi connectivity index (χ4n) is 3.31. The van der Waals surface area contributed by atoms with Gasteiger partial charge in [-0.25, -0.2) is 0 Å². The van der Waals surface area contributed by atoms with Crippen molar-refractivity contribution in [3.05, 3.63) is 59.9 Å². The van der Waals surface area contributed by atoms with Gasteiger partial charge in [0.05, 0.1) is 12.5 Å². The highest BCUT2D eigenvalue weighted by Crippen LogP contribution is 2.42. The lowest BCUT2D eigenvalue weighted by atomic mass is 9.76. The van der Waals surface area contributed by atoms with Gasteiger partial charge < -0.3 is 14.9 Å². The molecule has 0 spiro atoms. The molecule has 2 atom stereocenters. The number of rotatable bonds is 11. The number of carboxylic acids is 1. The van der Waals surface area contributed by atoms with Crippen molar-refractivity contribution < 1.29 is 24.5 Å². The number of hydrogen-bond donors (Lipinski definition) is 2. The number of hydrogen-bond acceptors (Lipinski definition) is 4. The van der Waals surface area contributed by atoms with Crippen LogP contribution in [0, 0.1) is 5.41 Å². The first-order valence-corrected chi connectivity index (χ1v) is 9.62. The van der Waals surface area contributed by atoms with E-state index in [1.807, 2.05) is 43.3 Å². The van der Waals surface area contributed by atoms with Crippen LogP contribution in [0.1, 0.15) is 45.4 Å². The van der Waals surface area contributed by atoms with Crippen LogP contribution in [0.2, 0.25) is 0 Å². The lowest BCUT2D eigenvalue weighted by Crippen LogP contribution is -2.26. The van der Waals surface area contributed by atoms with Crippen molar-refractivity contribution in [2.24, 2.45) is 5.41 Å². The molecule has 0 heterocycles. The molecule has 1 aliphatic rings. The van der Waals surface area contributed by atoms with Crippen LogP contribution < -0.4 is 4.74 Å². The summed E-state index contributed by atoms with van der Waals surface area (Å²) in [6.45, 7) is 2.18. The minimum Gasteiger partial charge on any atom is -0.491 e. The zero-order valence-corrected chi connectivity index (χ0v) is 16.3. The molecule has 1 aromatic carbocycles. The minimum absolute atomic E-state index is 0.0548. The molecule has 0 amide bonds. The molecule has 0 fully saturated rings. The van der Waals surface area contributed by atoms with E-state index in [0.717, 1.165) is 11.3 Å². The quantitative estimate of drug-likeness (QED) is 0.444. The van der Waals surface area contributed by atoms with E-state index in [4.69, 9.17) is 9.84 Å². The van der Waals surface area contributed by atoms with Gasteiger partial charge in [-0.2, -0.15) is 0 Å². The molecule has 28 heavy (non-hydrogen) atoms. The Bertz CT molecular complexity index is 758. The molecular formula is C23H28O5. The minimum atomic E-state index is -0.890. The van der Waals surface area contributed by atoms with E-state index in [-0.39, 0.29) is 18.8 Å². The summed E-state index contributed by atoms with van der Waals surface area (Å²) in [6, 6.07) is 9.37. The van der Waals surface area contributed by atoms with E-state index in [1.54, 1.807) is 6.08 Å². The SMILES string of the molecule is C[C@]1(CCC=C=CCC(=O)O)C(=O)CC=C1CC[C@H](O)COc1ccccc1. The number of Topliss-reactive ketones (excluding diaryl/α,β-unsaturated/α-hetero) is 1.